The molecule has 1 aromatic heterocycles. The minimum absolute atomic E-state index is 0.201. The Morgan fingerprint density at radius 3 is 2.58 bits per heavy atom. The topological polar surface area (TPSA) is 45.6 Å². The van der Waals surface area contributed by atoms with Crippen molar-refractivity contribution in [3.8, 4) is 0 Å². The Bertz CT molecular complexity index is 411. The molecule has 0 spiro atoms. The second-order valence-electron chi connectivity index (χ2n) is 5.66. The molecule has 2 aliphatic rings. The van der Waals surface area contributed by atoms with Gasteiger partial charge in [0.1, 0.15) is 5.76 Å². The first-order valence-corrected chi connectivity index (χ1v) is 7.96. The lowest BCUT2D eigenvalue weighted by Crippen LogP contribution is -2.49. The second-order valence-corrected chi connectivity index (χ2v) is 6.52. The van der Waals surface area contributed by atoms with E-state index in [9.17, 15) is 0 Å². The van der Waals surface area contributed by atoms with E-state index in [1.165, 1.54) is 19.4 Å². The van der Waals surface area contributed by atoms with E-state index in [0.29, 0.717) is 6.54 Å². The van der Waals surface area contributed by atoms with E-state index in [-0.39, 0.29) is 6.04 Å². The van der Waals surface area contributed by atoms with Gasteiger partial charge in [-0.1, -0.05) is 0 Å². The summed E-state index contributed by atoms with van der Waals surface area (Å²) in [6, 6.07) is 2.15. The van der Waals surface area contributed by atoms with Crippen LogP contribution in [0.1, 0.15) is 24.6 Å². The van der Waals surface area contributed by atoms with Crippen molar-refractivity contribution in [2.24, 2.45) is 11.7 Å². The summed E-state index contributed by atoms with van der Waals surface area (Å²) in [4.78, 5) is 5.05. The number of piperazine rings is 1. The van der Waals surface area contributed by atoms with Gasteiger partial charge in [-0.25, -0.2) is 0 Å². The minimum Gasteiger partial charge on any atom is -0.466 e. The van der Waals surface area contributed by atoms with E-state index in [1.54, 1.807) is 6.26 Å². The van der Waals surface area contributed by atoms with E-state index in [0.717, 1.165) is 42.3 Å². The van der Waals surface area contributed by atoms with Gasteiger partial charge in [0.2, 0.25) is 0 Å². The Labute approximate surface area is 123 Å². The van der Waals surface area contributed by atoms with E-state index in [4.69, 9.17) is 10.2 Å². The van der Waals surface area contributed by atoms with Crippen LogP contribution in [0.25, 0.3) is 0 Å². The van der Waals surface area contributed by atoms with Gasteiger partial charge in [0.05, 0.1) is 16.8 Å². The van der Waals surface area contributed by atoms with E-state index < -0.39 is 0 Å². The van der Waals surface area contributed by atoms with Crippen molar-refractivity contribution in [2.75, 3.05) is 39.3 Å². The van der Waals surface area contributed by atoms with Crippen molar-refractivity contribution < 1.29 is 4.42 Å². The van der Waals surface area contributed by atoms with Crippen LogP contribution in [-0.4, -0.2) is 49.1 Å². The highest BCUT2D eigenvalue weighted by molar-refractivity contribution is 9.10. The zero-order chi connectivity index (χ0) is 13.2. The van der Waals surface area contributed by atoms with Crippen LogP contribution >= 0.6 is 15.9 Å². The van der Waals surface area contributed by atoms with Crippen LogP contribution < -0.4 is 5.73 Å². The summed E-state index contributed by atoms with van der Waals surface area (Å²) in [6.07, 6.45) is 4.60. The summed E-state index contributed by atoms with van der Waals surface area (Å²) in [5, 5.41) is 0. The van der Waals surface area contributed by atoms with Crippen molar-refractivity contribution in [1.82, 2.24) is 9.80 Å². The molecular weight excluding hydrogens is 306 g/mol. The van der Waals surface area contributed by atoms with Crippen molar-refractivity contribution in [1.29, 1.82) is 0 Å². The van der Waals surface area contributed by atoms with Crippen LogP contribution in [0.15, 0.2) is 21.2 Å². The number of nitrogens with two attached hydrogens (primary N) is 1. The third-order valence-electron chi connectivity index (χ3n) is 4.23. The quantitative estimate of drug-likeness (QED) is 0.899. The molecule has 1 saturated carbocycles. The first-order chi connectivity index (χ1) is 9.28. The molecule has 1 aliphatic carbocycles. The van der Waals surface area contributed by atoms with Gasteiger partial charge in [0.25, 0.3) is 0 Å². The Morgan fingerprint density at radius 1 is 1.32 bits per heavy atom. The molecule has 19 heavy (non-hydrogen) atoms. The monoisotopic (exact) mass is 327 g/mol. The molecule has 2 heterocycles. The van der Waals surface area contributed by atoms with Gasteiger partial charge < -0.3 is 15.1 Å². The first-order valence-electron chi connectivity index (χ1n) is 7.17. The second kappa shape index (κ2) is 5.95. The third-order valence-corrected chi connectivity index (χ3v) is 4.89. The fourth-order valence-electron chi connectivity index (χ4n) is 2.89. The van der Waals surface area contributed by atoms with Crippen LogP contribution in [-0.2, 0) is 0 Å². The van der Waals surface area contributed by atoms with E-state index in [2.05, 4.69) is 25.7 Å². The van der Waals surface area contributed by atoms with Crippen LogP contribution in [0, 0.1) is 5.92 Å². The maximum Gasteiger partial charge on any atom is 0.136 e. The summed E-state index contributed by atoms with van der Waals surface area (Å²) in [7, 11) is 0. The van der Waals surface area contributed by atoms with Crippen molar-refractivity contribution in [3.05, 3.63) is 22.6 Å². The minimum atomic E-state index is 0.201. The van der Waals surface area contributed by atoms with Crippen molar-refractivity contribution in [3.63, 3.8) is 0 Å². The normalized spacial score (nSPS) is 23.7. The molecule has 1 atom stereocenters. The van der Waals surface area contributed by atoms with E-state index >= 15 is 0 Å². The fourth-order valence-corrected chi connectivity index (χ4v) is 3.35. The first kappa shape index (κ1) is 13.6. The van der Waals surface area contributed by atoms with Gasteiger partial charge in [-0.05, 0) is 40.8 Å². The zero-order valence-corrected chi connectivity index (χ0v) is 12.8. The molecule has 2 fully saturated rings. The highest BCUT2D eigenvalue weighted by Crippen LogP contribution is 2.31. The maximum atomic E-state index is 5.95. The molecule has 0 aromatic carbocycles. The lowest BCUT2D eigenvalue weighted by Gasteiger charge is -2.38. The Kier molecular flexibility index (Phi) is 4.27. The van der Waals surface area contributed by atoms with Crippen molar-refractivity contribution in [2.45, 2.75) is 18.9 Å². The van der Waals surface area contributed by atoms with Gasteiger partial charge in [0.15, 0.2) is 0 Å². The molecule has 5 heteroatoms. The highest BCUT2D eigenvalue weighted by atomic mass is 79.9. The molecular formula is C14H22BrN3O. The predicted octanol–water partition coefficient (Wildman–Crippen LogP) is 2.07. The third kappa shape index (κ3) is 3.21. The van der Waals surface area contributed by atoms with Gasteiger partial charge >= 0.3 is 0 Å². The number of nitrogens with zero attached hydrogens (tertiary/aromatic N) is 2. The summed E-state index contributed by atoms with van der Waals surface area (Å²) in [5.74, 6) is 1.95. The Hall–Kier alpha value is -0.360. The molecule has 0 amide bonds. The lowest BCUT2D eigenvalue weighted by atomic mass is 10.1. The molecule has 1 saturated heterocycles. The molecule has 106 valence electrons. The SMILES string of the molecule is NCC(c1occc1Br)N1CCN(CC2CC2)CC1. The molecule has 1 unspecified atom stereocenters. The molecule has 1 aliphatic heterocycles. The fraction of sp³-hybridized carbons (Fsp3) is 0.714. The molecule has 2 N–H and O–H groups in total. The van der Waals surface area contributed by atoms with Gasteiger partial charge in [-0.15, -0.1) is 0 Å². The zero-order valence-electron chi connectivity index (χ0n) is 11.2. The molecule has 4 nitrogen and oxygen atoms in total. The number of hydrogen-bond acceptors (Lipinski definition) is 4. The maximum absolute atomic E-state index is 5.95. The Balaban J connectivity index is 1.58. The van der Waals surface area contributed by atoms with Crippen LogP contribution in [0.3, 0.4) is 0 Å². The largest absolute Gasteiger partial charge is 0.466 e. The average molecular weight is 328 g/mol. The smallest absolute Gasteiger partial charge is 0.136 e. The summed E-state index contributed by atoms with van der Waals surface area (Å²) in [6.45, 7) is 6.39. The average Bonchev–Trinajstić information content (AvgIpc) is 3.14. The molecule has 3 rings (SSSR count). The van der Waals surface area contributed by atoms with Gasteiger partial charge in [-0.2, -0.15) is 0 Å². The molecule has 0 radical (unpaired) electrons. The van der Waals surface area contributed by atoms with Gasteiger partial charge in [0, 0.05) is 39.3 Å². The van der Waals surface area contributed by atoms with Crippen LogP contribution in [0.2, 0.25) is 0 Å². The Morgan fingerprint density at radius 2 is 2.05 bits per heavy atom. The number of hydrogen-bond donors (Lipinski definition) is 1. The predicted molar refractivity (Wildman–Crippen MR) is 78.9 cm³/mol. The van der Waals surface area contributed by atoms with Gasteiger partial charge in [-0.3, -0.25) is 4.90 Å². The van der Waals surface area contributed by atoms with Crippen molar-refractivity contribution >= 4 is 15.9 Å². The standard InChI is InChI=1S/C14H22BrN3O/c15-12-3-8-19-14(12)13(9-16)18-6-4-17(5-7-18)10-11-1-2-11/h3,8,11,13H,1-2,4-7,9-10,16H2. The molecule has 1 aromatic rings. The molecule has 0 bridgehead atoms. The van der Waals surface area contributed by atoms with E-state index in [1.807, 2.05) is 6.07 Å². The number of furan rings is 1. The highest BCUT2D eigenvalue weighted by Gasteiger charge is 2.30. The van der Waals surface area contributed by atoms with Crippen LogP contribution in [0.4, 0.5) is 0 Å². The number of halogens is 1. The summed E-state index contributed by atoms with van der Waals surface area (Å²) in [5.41, 5.74) is 5.95. The lowest BCUT2D eigenvalue weighted by molar-refractivity contribution is 0.0866. The summed E-state index contributed by atoms with van der Waals surface area (Å²) < 4.78 is 6.62. The number of rotatable bonds is 5. The summed E-state index contributed by atoms with van der Waals surface area (Å²) >= 11 is 3.54. The van der Waals surface area contributed by atoms with Crippen LogP contribution in [0.5, 0.6) is 0 Å².